The lowest BCUT2D eigenvalue weighted by atomic mass is 9.83. The van der Waals surface area contributed by atoms with Crippen molar-refractivity contribution in [3.63, 3.8) is 0 Å². The van der Waals surface area contributed by atoms with E-state index in [4.69, 9.17) is 19.9 Å². The second-order valence-corrected chi connectivity index (χ2v) is 6.10. The first-order chi connectivity index (χ1) is 12.8. The van der Waals surface area contributed by atoms with Crippen molar-refractivity contribution in [3.8, 4) is 23.3 Å². The molecule has 2 aliphatic rings. The number of pyridine rings is 1. The predicted molar refractivity (Wildman–Crippen MR) is 93.6 cm³/mol. The molecule has 0 fully saturated rings. The SMILES string of the molecule is N#CC1=C(N)Oc2c(ccc3cccnc23)[C@H]1c1ccc2c(c1)OCO2. The van der Waals surface area contributed by atoms with E-state index < -0.39 is 0 Å². The molecule has 126 valence electrons. The Morgan fingerprint density at radius 2 is 2.00 bits per heavy atom. The van der Waals surface area contributed by atoms with Crippen LogP contribution in [0.3, 0.4) is 0 Å². The summed E-state index contributed by atoms with van der Waals surface area (Å²) in [6.07, 6.45) is 1.71. The Balaban J connectivity index is 1.76. The lowest BCUT2D eigenvalue weighted by Crippen LogP contribution is -2.21. The van der Waals surface area contributed by atoms with Crippen LogP contribution in [0.25, 0.3) is 10.9 Å². The normalized spacial score (nSPS) is 17.6. The predicted octanol–water partition coefficient (Wildman–Crippen LogP) is 3.18. The molecule has 0 aliphatic carbocycles. The van der Waals surface area contributed by atoms with Crippen molar-refractivity contribution in [2.24, 2.45) is 5.73 Å². The van der Waals surface area contributed by atoms with E-state index in [-0.39, 0.29) is 18.6 Å². The molecule has 0 spiro atoms. The quantitative estimate of drug-likeness (QED) is 0.730. The van der Waals surface area contributed by atoms with Crippen molar-refractivity contribution < 1.29 is 14.2 Å². The molecule has 0 unspecified atom stereocenters. The van der Waals surface area contributed by atoms with Gasteiger partial charge in [0.15, 0.2) is 17.2 Å². The van der Waals surface area contributed by atoms with Crippen molar-refractivity contribution in [2.45, 2.75) is 5.92 Å². The summed E-state index contributed by atoms with van der Waals surface area (Å²) >= 11 is 0. The topological polar surface area (TPSA) is 90.4 Å². The Morgan fingerprint density at radius 3 is 2.88 bits per heavy atom. The number of allylic oxidation sites excluding steroid dienone is 1. The molecule has 6 nitrogen and oxygen atoms in total. The van der Waals surface area contributed by atoms with Crippen molar-refractivity contribution in [1.29, 1.82) is 5.26 Å². The molecule has 26 heavy (non-hydrogen) atoms. The van der Waals surface area contributed by atoms with E-state index in [1.165, 1.54) is 0 Å². The molecule has 2 aliphatic heterocycles. The van der Waals surface area contributed by atoms with Crippen molar-refractivity contribution in [1.82, 2.24) is 4.98 Å². The number of hydrogen-bond acceptors (Lipinski definition) is 6. The Bertz CT molecular complexity index is 1130. The highest BCUT2D eigenvalue weighted by Gasteiger charge is 2.33. The van der Waals surface area contributed by atoms with Gasteiger partial charge < -0.3 is 19.9 Å². The summed E-state index contributed by atoms with van der Waals surface area (Å²) in [6, 6.07) is 15.6. The fourth-order valence-electron chi connectivity index (χ4n) is 3.49. The number of benzene rings is 2. The fraction of sp³-hybridized carbons (Fsp3) is 0.100. The number of ether oxygens (including phenoxy) is 3. The van der Waals surface area contributed by atoms with E-state index in [1.807, 2.05) is 42.5 Å². The van der Waals surface area contributed by atoms with Gasteiger partial charge in [0.25, 0.3) is 0 Å². The van der Waals surface area contributed by atoms with E-state index in [0.29, 0.717) is 22.8 Å². The van der Waals surface area contributed by atoms with Crippen LogP contribution < -0.4 is 19.9 Å². The first kappa shape index (κ1) is 14.6. The van der Waals surface area contributed by atoms with E-state index in [2.05, 4.69) is 11.1 Å². The summed E-state index contributed by atoms with van der Waals surface area (Å²) in [6.45, 7) is 0.195. The average Bonchev–Trinajstić information content (AvgIpc) is 3.14. The zero-order valence-corrected chi connectivity index (χ0v) is 13.6. The molecule has 6 heteroatoms. The van der Waals surface area contributed by atoms with E-state index in [0.717, 1.165) is 22.0 Å². The van der Waals surface area contributed by atoms with Crippen LogP contribution in [0, 0.1) is 11.3 Å². The van der Waals surface area contributed by atoms with Gasteiger partial charge in [0.05, 0.1) is 5.92 Å². The van der Waals surface area contributed by atoms with Crippen LogP contribution in [0.1, 0.15) is 17.0 Å². The largest absolute Gasteiger partial charge is 0.454 e. The third-order valence-electron chi connectivity index (χ3n) is 4.69. The number of fused-ring (bicyclic) bond motifs is 4. The molecule has 0 amide bonds. The Hall–Kier alpha value is -3.72. The van der Waals surface area contributed by atoms with Gasteiger partial charge in [-0.05, 0) is 23.8 Å². The Morgan fingerprint density at radius 1 is 1.12 bits per heavy atom. The van der Waals surface area contributed by atoms with Crippen LogP contribution in [0.5, 0.6) is 17.2 Å². The van der Waals surface area contributed by atoms with Crippen LogP contribution in [0.2, 0.25) is 0 Å². The minimum atomic E-state index is -0.357. The number of nitrogens with two attached hydrogens (primary N) is 1. The molecule has 2 aromatic carbocycles. The summed E-state index contributed by atoms with van der Waals surface area (Å²) in [5.74, 6) is 1.68. The standard InChI is InChI=1S/C20H13N3O3/c21-9-14-17(12-4-6-15-16(8-12)25-10-24-15)13-5-3-11-2-1-7-23-18(11)19(13)26-20(14)22/h1-8,17H,10,22H2/t17-/m1/s1. The third-order valence-corrected chi connectivity index (χ3v) is 4.69. The molecule has 0 saturated heterocycles. The fourth-order valence-corrected chi connectivity index (χ4v) is 3.49. The van der Waals surface area contributed by atoms with Crippen LogP contribution in [-0.2, 0) is 0 Å². The molecule has 2 N–H and O–H groups in total. The molecule has 3 heterocycles. The van der Waals surface area contributed by atoms with Crippen molar-refractivity contribution in [2.75, 3.05) is 6.79 Å². The maximum Gasteiger partial charge on any atom is 0.231 e. The summed E-state index contributed by atoms with van der Waals surface area (Å²) in [5, 5.41) is 10.6. The average molecular weight is 343 g/mol. The highest BCUT2D eigenvalue weighted by atomic mass is 16.7. The van der Waals surface area contributed by atoms with Gasteiger partial charge >= 0.3 is 0 Å². The van der Waals surface area contributed by atoms with E-state index in [9.17, 15) is 5.26 Å². The molecular formula is C20H13N3O3. The maximum absolute atomic E-state index is 9.69. The summed E-state index contributed by atoms with van der Waals surface area (Å²) in [7, 11) is 0. The third kappa shape index (κ3) is 2.01. The molecule has 1 aromatic heterocycles. The Labute approximate surface area is 149 Å². The molecule has 3 aromatic rings. The maximum atomic E-state index is 9.69. The van der Waals surface area contributed by atoms with Gasteiger partial charge in [-0.1, -0.05) is 24.3 Å². The summed E-state index contributed by atoms with van der Waals surface area (Å²) < 4.78 is 16.7. The molecular weight excluding hydrogens is 330 g/mol. The van der Waals surface area contributed by atoms with Crippen LogP contribution >= 0.6 is 0 Å². The second kappa shape index (κ2) is 5.39. The minimum absolute atomic E-state index is 0.0980. The van der Waals surface area contributed by atoms with Gasteiger partial charge in [0, 0.05) is 17.1 Å². The molecule has 0 saturated carbocycles. The van der Waals surface area contributed by atoms with Gasteiger partial charge in [-0.15, -0.1) is 0 Å². The van der Waals surface area contributed by atoms with Crippen LogP contribution in [0.4, 0.5) is 0 Å². The number of rotatable bonds is 1. The van der Waals surface area contributed by atoms with Crippen LogP contribution in [-0.4, -0.2) is 11.8 Å². The van der Waals surface area contributed by atoms with Gasteiger partial charge in [-0.25, -0.2) is 0 Å². The smallest absolute Gasteiger partial charge is 0.231 e. The molecule has 5 rings (SSSR count). The first-order valence-corrected chi connectivity index (χ1v) is 8.11. The monoisotopic (exact) mass is 343 g/mol. The second-order valence-electron chi connectivity index (χ2n) is 6.10. The van der Waals surface area contributed by atoms with E-state index >= 15 is 0 Å². The lowest BCUT2D eigenvalue weighted by Gasteiger charge is -2.27. The number of aromatic nitrogens is 1. The first-order valence-electron chi connectivity index (χ1n) is 8.11. The molecule has 1 atom stereocenters. The zero-order valence-electron chi connectivity index (χ0n) is 13.6. The van der Waals surface area contributed by atoms with Gasteiger partial charge in [0.1, 0.15) is 17.2 Å². The van der Waals surface area contributed by atoms with Gasteiger partial charge in [-0.3, -0.25) is 4.98 Å². The number of nitrogens with zero attached hydrogens (tertiary/aromatic N) is 2. The van der Waals surface area contributed by atoms with Crippen molar-refractivity contribution in [3.05, 3.63) is 71.2 Å². The zero-order chi connectivity index (χ0) is 17.7. The van der Waals surface area contributed by atoms with E-state index in [1.54, 1.807) is 6.20 Å². The van der Waals surface area contributed by atoms with Crippen molar-refractivity contribution >= 4 is 10.9 Å². The molecule has 0 bridgehead atoms. The highest BCUT2D eigenvalue weighted by molar-refractivity contribution is 5.87. The van der Waals surface area contributed by atoms with Crippen LogP contribution in [0.15, 0.2) is 60.1 Å². The van der Waals surface area contributed by atoms with Gasteiger partial charge in [0.2, 0.25) is 12.7 Å². The highest BCUT2D eigenvalue weighted by Crippen LogP contribution is 2.46. The summed E-state index contributed by atoms with van der Waals surface area (Å²) in [5.41, 5.74) is 8.90. The number of nitriles is 1. The van der Waals surface area contributed by atoms with Gasteiger partial charge in [-0.2, -0.15) is 5.26 Å². The minimum Gasteiger partial charge on any atom is -0.454 e. The lowest BCUT2D eigenvalue weighted by molar-refractivity contribution is 0.174. The molecule has 0 radical (unpaired) electrons. The number of hydrogen-bond donors (Lipinski definition) is 1. The summed E-state index contributed by atoms with van der Waals surface area (Å²) in [4.78, 5) is 4.44. The Kier molecular flexibility index (Phi) is 3.03.